The van der Waals surface area contributed by atoms with Gasteiger partial charge in [0.25, 0.3) is 0 Å². The molecule has 0 saturated heterocycles. The molecule has 0 unspecified atom stereocenters. The molecule has 0 aliphatic carbocycles. The topological polar surface area (TPSA) is 73.9 Å². The van der Waals surface area contributed by atoms with Gasteiger partial charge in [0.2, 0.25) is 0 Å². The highest BCUT2D eigenvalue weighted by Crippen LogP contribution is 2.24. The Balaban J connectivity index is 2.52. The lowest BCUT2D eigenvalue weighted by atomic mass is 9.87. The number of ether oxygens (including phenoxy) is 1. The van der Waals surface area contributed by atoms with Crippen molar-refractivity contribution in [2.75, 3.05) is 12.5 Å². The average Bonchev–Trinajstić information content (AvgIpc) is 2.41. The first kappa shape index (κ1) is 16.3. The van der Waals surface area contributed by atoms with Crippen LogP contribution in [0, 0.1) is 0 Å². The largest absolute Gasteiger partial charge is 0.486 e. The minimum Gasteiger partial charge on any atom is -0.486 e. The summed E-state index contributed by atoms with van der Waals surface area (Å²) in [6.07, 6.45) is 0. The third-order valence-electron chi connectivity index (χ3n) is 2.48. The molecule has 2 N–H and O–H groups in total. The number of hydrogen-bond donors (Lipinski definition) is 1. The minimum atomic E-state index is -0.663. The lowest BCUT2D eigenvalue weighted by Gasteiger charge is -2.19. The van der Waals surface area contributed by atoms with E-state index in [1.165, 1.54) is 5.56 Å². The zero-order valence-electron chi connectivity index (χ0n) is 11.9. The van der Waals surface area contributed by atoms with Gasteiger partial charge < -0.3 is 15.3 Å². The maximum Gasteiger partial charge on any atom is 0.349 e. The van der Waals surface area contributed by atoms with Crippen LogP contribution in [0.1, 0.15) is 26.3 Å². The van der Waals surface area contributed by atoms with Crippen molar-refractivity contribution in [2.45, 2.75) is 26.2 Å². The lowest BCUT2D eigenvalue weighted by molar-refractivity contribution is -0.140. The van der Waals surface area contributed by atoms with Gasteiger partial charge in [-0.05, 0) is 23.1 Å². The normalized spacial score (nSPS) is 12.1. The maximum absolute atomic E-state index is 10.8. The molecular formula is C14H19ClN2O3. The highest BCUT2D eigenvalue weighted by atomic mass is 35.5. The zero-order chi connectivity index (χ0) is 15.2. The number of carbonyl (C=O) groups excluding carboxylic acids is 1. The number of nitrogens with two attached hydrogens (primary N) is 1. The Morgan fingerprint density at radius 3 is 2.40 bits per heavy atom. The van der Waals surface area contributed by atoms with Crippen LogP contribution in [-0.2, 0) is 15.0 Å². The van der Waals surface area contributed by atoms with Crippen LogP contribution in [-0.4, -0.2) is 24.3 Å². The van der Waals surface area contributed by atoms with Crippen LogP contribution in [0.3, 0.4) is 0 Å². The monoisotopic (exact) mass is 298 g/mol. The average molecular weight is 299 g/mol. The van der Waals surface area contributed by atoms with Gasteiger partial charge >= 0.3 is 5.97 Å². The van der Waals surface area contributed by atoms with E-state index in [1.807, 2.05) is 24.3 Å². The molecule has 0 amide bonds. The van der Waals surface area contributed by atoms with E-state index in [2.05, 4.69) is 30.8 Å². The van der Waals surface area contributed by atoms with Crippen LogP contribution in [0.5, 0.6) is 5.75 Å². The standard InChI is InChI=1S/C14H19ClN2O3/c1-14(2,3)10-4-6-11(7-5-10)19-9-12(16)17-20-13(18)8-15/h4-7H,8-9H2,1-3H3,(H2,16,17). The summed E-state index contributed by atoms with van der Waals surface area (Å²) in [6.45, 7) is 6.45. The van der Waals surface area contributed by atoms with Gasteiger partial charge in [-0.1, -0.05) is 38.1 Å². The molecular weight excluding hydrogens is 280 g/mol. The molecule has 0 aliphatic heterocycles. The van der Waals surface area contributed by atoms with Crippen molar-refractivity contribution in [3.8, 4) is 5.75 Å². The first-order valence-corrected chi connectivity index (χ1v) is 6.68. The number of amidine groups is 1. The van der Waals surface area contributed by atoms with Crippen LogP contribution in [0.4, 0.5) is 0 Å². The van der Waals surface area contributed by atoms with E-state index in [0.717, 1.165) is 0 Å². The number of halogens is 1. The van der Waals surface area contributed by atoms with Crippen molar-refractivity contribution >= 4 is 23.4 Å². The van der Waals surface area contributed by atoms with Gasteiger partial charge in [0.05, 0.1) is 0 Å². The Morgan fingerprint density at radius 2 is 1.90 bits per heavy atom. The van der Waals surface area contributed by atoms with Gasteiger partial charge in [-0.2, -0.15) is 0 Å². The summed E-state index contributed by atoms with van der Waals surface area (Å²) in [5.41, 5.74) is 6.83. The molecule has 5 nitrogen and oxygen atoms in total. The summed E-state index contributed by atoms with van der Waals surface area (Å²) in [5.74, 6) is -0.210. The van der Waals surface area contributed by atoms with Crippen molar-refractivity contribution in [1.29, 1.82) is 0 Å². The Bertz CT molecular complexity index is 478. The van der Waals surface area contributed by atoms with Crippen LogP contribution in [0.25, 0.3) is 0 Å². The molecule has 1 aromatic rings. The van der Waals surface area contributed by atoms with E-state index in [0.29, 0.717) is 5.75 Å². The Morgan fingerprint density at radius 1 is 1.30 bits per heavy atom. The third kappa shape index (κ3) is 5.48. The molecule has 0 saturated carbocycles. The first-order valence-electron chi connectivity index (χ1n) is 6.14. The molecule has 0 radical (unpaired) electrons. The smallest absolute Gasteiger partial charge is 0.349 e. The van der Waals surface area contributed by atoms with Crippen LogP contribution in [0.2, 0.25) is 0 Å². The van der Waals surface area contributed by atoms with Crippen molar-refractivity contribution in [2.24, 2.45) is 10.9 Å². The minimum absolute atomic E-state index is 0.0322. The number of nitrogens with zero attached hydrogens (tertiary/aromatic N) is 1. The van der Waals surface area contributed by atoms with Gasteiger partial charge in [-0.3, -0.25) is 0 Å². The van der Waals surface area contributed by atoms with Gasteiger partial charge in [0.15, 0.2) is 5.84 Å². The molecule has 0 atom stereocenters. The van der Waals surface area contributed by atoms with Gasteiger partial charge in [0, 0.05) is 0 Å². The van der Waals surface area contributed by atoms with Crippen molar-refractivity contribution in [3.63, 3.8) is 0 Å². The molecule has 0 fully saturated rings. The summed E-state index contributed by atoms with van der Waals surface area (Å²) < 4.78 is 5.42. The Hall–Kier alpha value is -1.75. The predicted octanol–water partition coefficient (Wildman–Crippen LogP) is 2.42. The number of benzene rings is 1. The molecule has 0 bridgehead atoms. The van der Waals surface area contributed by atoms with Crippen molar-refractivity contribution in [1.82, 2.24) is 0 Å². The first-order chi connectivity index (χ1) is 9.32. The summed E-state index contributed by atoms with van der Waals surface area (Å²) in [6, 6.07) is 7.71. The molecule has 0 spiro atoms. The van der Waals surface area contributed by atoms with Crippen molar-refractivity contribution in [3.05, 3.63) is 29.8 Å². The van der Waals surface area contributed by atoms with E-state index in [4.69, 9.17) is 22.1 Å². The summed E-state index contributed by atoms with van der Waals surface area (Å²) in [4.78, 5) is 15.2. The maximum atomic E-state index is 10.8. The number of alkyl halides is 1. The number of oxime groups is 1. The summed E-state index contributed by atoms with van der Waals surface area (Å²) >= 11 is 5.24. The Kier molecular flexibility index (Phi) is 5.82. The summed E-state index contributed by atoms with van der Waals surface area (Å²) in [5, 5.41) is 3.40. The second-order valence-corrected chi connectivity index (χ2v) is 5.51. The molecule has 0 aliphatic rings. The van der Waals surface area contributed by atoms with Crippen LogP contribution < -0.4 is 10.5 Å². The van der Waals surface area contributed by atoms with Gasteiger partial charge in [0.1, 0.15) is 18.2 Å². The van der Waals surface area contributed by atoms with E-state index in [1.54, 1.807) is 0 Å². The van der Waals surface area contributed by atoms with Gasteiger partial charge in [-0.15, -0.1) is 11.6 Å². The van der Waals surface area contributed by atoms with E-state index in [9.17, 15) is 4.79 Å². The number of carbonyl (C=O) groups is 1. The fraction of sp³-hybridized carbons (Fsp3) is 0.429. The fourth-order valence-corrected chi connectivity index (χ4v) is 1.42. The number of rotatable bonds is 5. The van der Waals surface area contributed by atoms with E-state index in [-0.39, 0.29) is 23.7 Å². The van der Waals surface area contributed by atoms with E-state index < -0.39 is 5.97 Å². The molecule has 1 rings (SSSR count). The quantitative estimate of drug-likeness (QED) is 0.298. The molecule has 0 aromatic heterocycles. The molecule has 110 valence electrons. The lowest BCUT2D eigenvalue weighted by Crippen LogP contribution is -2.22. The molecule has 0 heterocycles. The molecule has 1 aromatic carbocycles. The van der Waals surface area contributed by atoms with Crippen molar-refractivity contribution < 1.29 is 14.4 Å². The Labute approximate surface area is 123 Å². The van der Waals surface area contributed by atoms with Crippen LogP contribution in [0.15, 0.2) is 29.4 Å². The number of hydrogen-bond acceptors (Lipinski definition) is 4. The molecule has 6 heteroatoms. The van der Waals surface area contributed by atoms with Gasteiger partial charge in [-0.25, -0.2) is 4.79 Å². The fourth-order valence-electron chi connectivity index (χ4n) is 1.37. The molecule has 20 heavy (non-hydrogen) atoms. The predicted molar refractivity (Wildman–Crippen MR) is 79.1 cm³/mol. The van der Waals surface area contributed by atoms with E-state index >= 15 is 0 Å². The third-order valence-corrected chi connectivity index (χ3v) is 2.70. The second kappa shape index (κ2) is 7.14. The summed E-state index contributed by atoms with van der Waals surface area (Å²) in [7, 11) is 0. The SMILES string of the molecule is CC(C)(C)c1ccc(OCC(N)=NOC(=O)CCl)cc1. The highest BCUT2D eigenvalue weighted by molar-refractivity contribution is 6.26. The zero-order valence-corrected chi connectivity index (χ0v) is 12.6. The van der Waals surface area contributed by atoms with Crippen LogP contribution >= 0.6 is 11.6 Å². The highest BCUT2D eigenvalue weighted by Gasteiger charge is 2.13. The second-order valence-electron chi connectivity index (χ2n) is 5.24.